The summed E-state index contributed by atoms with van der Waals surface area (Å²) in [7, 11) is -2.99. The van der Waals surface area contributed by atoms with Crippen LogP contribution in [0.3, 0.4) is 0 Å². The van der Waals surface area contributed by atoms with Gasteiger partial charge in [-0.15, -0.1) is 11.3 Å². The Bertz CT molecular complexity index is 5770. The molecule has 0 atom stereocenters. The van der Waals surface area contributed by atoms with Crippen molar-refractivity contribution < 1.29 is 0 Å². The topological polar surface area (TPSA) is 4.93 Å². The third-order valence-corrected chi connectivity index (χ3v) is 26.3. The molecule has 0 aliphatic carbocycles. The zero-order valence-electron chi connectivity index (χ0n) is 51.9. The number of benzene rings is 16. The molecule has 1 aliphatic rings. The van der Waals surface area contributed by atoms with Crippen LogP contribution in [0.4, 0.5) is 0 Å². The van der Waals surface area contributed by atoms with Gasteiger partial charge in [0.2, 0.25) is 0 Å². The highest BCUT2D eigenvalue weighted by molar-refractivity contribution is 7.25. The van der Waals surface area contributed by atoms with E-state index >= 15 is 0 Å². The van der Waals surface area contributed by atoms with Crippen molar-refractivity contribution in [2.75, 3.05) is 0 Å². The molecule has 0 radical (unpaired) electrons. The van der Waals surface area contributed by atoms with Crippen LogP contribution in [-0.4, -0.2) is 12.6 Å². The fraction of sp³-hybridized carbons (Fsp3) is 0. The Kier molecular flexibility index (Phi) is 12.9. The van der Waals surface area contributed by atoms with Crippen LogP contribution in [0.25, 0.3) is 158 Å². The van der Waals surface area contributed by atoms with Crippen LogP contribution in [0.5, 0.6) is 0 Å². The van der Waals surface area contributed by atoms with Gasteiger partial charge in [0.15, 0.2) is 8.07 Å². The first kappa shape index (κ1) is 55.0. The van der Waals surface area contributed by atoms with Gasteiger partial charge in [-0.3, -0.25) is 0 Å². The summed E-state index contributed by atoms with van der Waals surface area (Å²) in [6.07, 6.45) is 0. The maximum absolute atomic E-state index is 2.99. The largest absolute Gasteiger partial charge is 0.309 e. The van der Waals surface area contributed by atoms with Crippen LogP contribution < -0.4 is 20.7 Å². The molecule has 18 aromatic rings. The van der Waals surface area contributed by atoms with Crippen molar-refractivity contribution in [3.8, 4) is 94.7 Å². The molecule has 0 saturated carbocycles. The molecule has 1 aliphatic heterocycles. The van der Waals surface area contributed by atoms with E-state index < -0.39 is 8.07 Å². The summed E-state index contributed by atoms with van der Waals surface area (Å²) in [4.78, 5) is 0. The van der Waals surface area contributed by atoms with Gasteiger partial charge < -0.3 is 4.57 Å². The molecule has 0 unspecified atom stereocenters. The minimum Gasteiger partial charge on any atom is -0.309 e. The number of nitrogens with zero attached hydrogens (tertiary/aromatic N) is 1. The Balaban J connectivity index is 0.737. The predicted molar refractivity (Wildman–Crippen MR) is 409 cm³/mol. The molecule has 2 aromatic heterocycles. The second kappa shape index (κ2) is 22.3. The van der Waals surface area contributed by atoms with Crippen molar-refractivity contribution >= 4 is 104 Å². The molecule has 3 heteroatoms. The lowest BCUT2D eigenvalue weighted by Gasteiger charge is -2.32. The summed E-state index contributed by atoms with van der Waals surface area (Å²) >= 11 is 1.88. The Morgan fingerprint density at radius 3 is 1.09 bits per heavy atom. The average Bonchev–Trinajstić information content (AvgIpc) is 1.55. The Morgan fingerprint density at radius 2 is 0.568 bits per heavy atom. The van der Waals surface area contributed by atoms with E-state index in [1.54, 1.807) is 0 Å². The van der Waals surface area contributed by atoms with E-state index in [4.69, 9.17) is 0 Å². The average molecular weight is 1240 g/mol. The molecule has 16 aromatic carbocycles. The first-order valence-electron chi connectivity index (χ1n) is 32.8. The van der Waals surface area contributed by atoms with Crippen LogP contribution in [0.2, 0.25) is 0 Å². The van der Waals surface area contributed by atoms with E-state index in [-0.39, 0.29) is 0 Å². The fourth-order valence-corrected chi connectivity index (χ4v) is 22.0. The van der Waals surface area contributed by atoms with Crippen LogP contribution in [-0.2, 0) is 0 Å². The highest BCUT2D eigenvalue weighted by Gasteiger charge is 2.49. The van der Waals surface area contributed by atoms with E-state index in [9.17, 15) is 0 Å². The summed E-state index contributed by atoms with van der Waals surface area (Å²) in [5.74, 6) is 0. The van der Waals surface area contributed by atoms with Crippen LogP contribution in [0.1, 0.15) is 0 Å². The zero-order chi connectivity index (χ0) is 62.6. The van der Waals surface area contributed by atoms with Gasteiger partial charge in [-0.1, -0.05) is 303 Å². The molecule has 0 amide bonds. The summed E-state index contributed by atoms with van der Waals surface area (Å²) in [5.41, 5.74) is 23.1. The lowest BCUT2D eigenvalue weighted by molar-refractivity contribution is 1.18. The molecule has 1 nitrogen and oxygen atoms in total. The van der Waals surface area contributed by atoms with Crippen LogP contribution in [0, 0.1) is 0 Å². The predicted octanol–water partition coefficient (Wildman–Crippen LogP) is 22.5. The number of hydrogen-bond donors (Lipinski definition) is 0. The van der Waals surface area contributed by atoms with E-state index in [2.05, 4.69) is 362 Å². The molecule has 0 bridgehead atoms. The minimum absolute atomic E-state index is 1.16. The Morgan fingerprint density at radius 1 is 0.211 bits per heavy atom. The van der Waals surface area contributed by atoms with Gasteiger partial charge in [-0.2, -0.15) is 0 Å². The van der Waals surface area contributed by atoms with Gasteiger partial charge in [0.05, 0.1) is 11.0 Å². The molecule has 0 saturated heterocycles. The lowest BCUT2D eigenvalue weighted by Crippen LogP contribution is -2.72. The standard InChI is InChI=1S/C92H59NSSi/c1-3-19-75(20-4-1)95(76-21-5-2-6-22-76)91-58-73(72-48-54-90-86(57-72)81-25-11-12-28-89(81)94-90)45-50-82(91)83-51-49-74(59-92(83)95)93-87-52-46-70(64-33-29-60(30-34-64)62-37-41-68(42-38-62)79-26-13-17-66-15-7-9-23-77(66)79)55-84(87)85-56-71(47-53-88(85)93)65-35-31-61(32-36-65)63-39-43-69(44-40-63)80-27-14-18-67-16-8-10-24-78(67)80/h1-59H. The van der Waals surface area contributed by atoms with E-state index in [0.717, 1.165) is 5.69 Å². The van der Waals surface area contributed by atoms with E-state index in [1.807, 2.05) is 11.3 Å². The van der Waals surface area contributed by atoms with Crippen molar-refractivity contribution in [2.45, 2.75) is 0 Å². The molecule has 95 heavy (non-hydrogen) atoms. The maximum Gasteiger partial charge on any atom is 0.180 e. The third kappa shape index (κ3) is 9.03. The molecule has 19 rings (SSSR count). The Labute approximate surface area is 557 Å². The first-order valence-corrected chi connectivity index (χ1v) is 35.7. The molecule has 442 valence electrons. The van der Waals surface area contributed by atoms with Crippen molar-refractivity contribution in [3.05, 3.63) is 358 Å². The molecular weight excluding hydrogens is 1180 g/mol. The third-order valence-electron chi connectivity index (χ3n) is 20.3. The van der Waals surface area contributed by atoms with Gasteiger partial charge in [-0.25, -0.2) is 0 Å². The van der Waals surface area contributed by atoms with E-state index in [0.29, 0.717) is 0 Å². The summed E-state index contributed by atoms with van der Waals surface area (Å²) < 4.78 is 5.19. The second-order valence-electron chi connectivity index (χ2n) is 25.4. The van der Waals surface area contributed by atoms with Crippen molar-refractivity contribution in [3.63, 3.8) is 0 Å². The number of rotatable bonds is 10. The van der Waals surface area contributed by atoms with Crippen LogP contribution >= 0.6 is 11.3 Å². The molecule has 0 fully saturated rings. The number of thiophene rings is 1. The Hall–Kier alpha value is -11.7. The second-order valence-corrected chi connectivity index (χ2v) is 30.3. The zero-order valence-corrected chi connectivity index (χ0v) is 53.7. The molecular formula is C92H59NSSi. The number of hydrogen-bond acceptors (Lipinski definition) is 1. The highest BCUT2D eigenvalue weighted by atomic mass is 32.1. The first-order chi connectivity index (χ1) is 47.1. The summed E-state index contributed by atoms with van der Waals surface area (Å²) in [6.45, 7) is 0. The molecule has 3 heterocycles. The molecule has 0 spiro atoms. The highest BCUT2D eigenvalue weighted by Crippen LogP contribution is 2.42. The quantitative estimate of drug-likeness (QED) is 0.120. The van der Waals surface area contributed by atoms with Gasteiger partial charge in [0, 0.05) is 36.6 Å². The molecule has 0 N–H and O–H groups in total. The van der Waals surface area contributed by atoms with Crippen molar-refractivity contribution in [1.82, 2.24) is 4.57 Å². The SMILES string of the molecule is c1ccc([Si]2(c3ccccc3)c3cc(-c4ccc5sc6ccccc6c5c4)ccc3-c3ccc(-n4c5ccc(-c6ccc(-c7ccc(-c8cccc9ccccc89)cc7)cc6)cc5c5cc(-c6ccc(-c7ccc(-c8cccc9ccccc89)cc7)cc6)ccc54)cc32)cc1. The maximum atomic E-state index is 2.58. The summed E-state index contributed by atoms with van der Waals surface area (Å²) in [6, 6.07) is 135. The van der Waals surface area contributed by atoms with Crippen molar-refractivity contribution in [1.29, 1.82) is 0 Å². The monoisotopic (exact) mass is 1240 g/mol. The van der Waals surface area contributed by atoms with E-state index in [1.165, 1.54) is 173 Å². The fourth-order valence-electron chi connectivity index (χ4n) is 15.7. The summed E-state index contributed by atoms with van der Waals surface area (Å²) in [5, 5.41) is 15.7. The van der Waals surface area contributed by atoms with Gasteiger partial charge >= 0.3 is 0 Å². The van der Waals surface area contributed by atoms with Gasteiger partial charge in [0.25, 0.3) is 0 Å². The normalized spacial score (nSPS) is 12.5. The van der Waals surface area contributed by atoms with Crippen LogP contribution in [0.15, 0.2) is 358 Å². The number of fused-ring (bicyclic) bond motifs is 11. The smallest absolute Gasteiger partial charge is 0.180 e. The minimum atomic E-state index is -2.99. The van der Waals surface area contributed by atoms with Gasteiger partial charge in [-0.05, 0) is 186 Å². The lowest BCUT2D eigenvalue weighted by atomic mass is 9.95. The number of aromatic nitrogens is 1. The van der Waals surface area contributed by atoms with Gasteiger partial charge in [0.1, 0.15) is 0 Å². The van der Waals surface area contributed by atoms with Crippen molar-refractivity contribution in [2.24, 2.45) is 0 Å².